The molecule has 3 nitrogen and oxygen atoms in total. The van der Waals surface area contributed by atoms with E-state index in [2.05, 4.69) is 39.2 Å². The molecule has 0 radical (unpaired) electrons. The van der Waals surface area contributed by atoms with Crippen LogP contribution in [0.25, 0.3) is 0 Å². The van der Waals surface area contributed by atoms with Crippen molar-refractivity contribution in [1.82, 2.24) is 0 Å². The summed E-state index contributed by atoms with van der Waals surface area (Å²) in [5, 5.41) is 2.36. The van der Waals surface area contributed by atoms with Crippen LogP contribution in [0.4, 0.5) is 14.5 Å². The molecule has 2 aromatic carbocycles. The van der Waals surface area contributed by atoms with Gasteiger partial charge < -0.3 is 9.74 Å². The number of hydrogen-bond donors (Lipinski definition) is 1. The minimum atomic E-state index is -1.94. The number of carbonyl (C=O) groups excluding carboxylic acids is 1. The fourth-order valence-corrected chi connectivity index (χ4v) is 7.68. The molecule has 7 heteroatoms. The Balaban J connectivity index is 1.91. The molecule has 1 aliphatic rings. The molecule has 0 bridgehead atoms. The molecule has 0 aromatic heterocycles. The molecule has 1 atom stereocenters. The lowest BCUT2D eigenvalue weighted by Gasteiger charge is -2.31. The van der Waals surface area contributed by atoms with Gasteiger partial charge in [-0.1, -0.05) is 50.6 Å². The van der Waals surface area contributed by atoms with Crippen LogP contribution in [-0.4, -0.2) is 14.2 Å². The molecule has 0 saturated heterocycles. The normalized spacial score (nSPS) is 19.4. The monoisotopic (exact) mass is 423 g/mol. The van der Waals surface area contributed by atoms with E-state index in [1.807, 2.05) is 0 Å². The highest BCUT2D eigenvalue weighted by Crippen LogP contribution is 2.47. The van der Waals surface area contributed by atoms with Crippen LogP contribution in [0.1, 0.15) is 31.9 Å². The summed E-state index contributed by atoms with van der Waals surface area (Å²) < 4.78 is 33.8. The molecule has 1 aliphatic heterocycles. The number of anilines is 1. The summed E-state index contributed by atoms with van der Waals surface area (Å²) in [6, 6.07) is 10.2. The third-order valence-corrected chi connectivity index (χ3v) is 7.91. The first-order chi connectivity index (χ1) is 12.8. The van der Waals surface area contributed by atoms with Gasteiger partial charge in [0.2, 0.25) is 8.32 Å². The first kappa shape index (κ1) is 20.8. The molecule has 1 heterocycles. The smallest absolute Gasteiger partial charge is 0.254 e. The van der Waals surface area contributed by atoms with E-state index in [1.165, 1.54) is 6.07 Å². The van der Waals surface area contributed by atoms with Crippen LogP contribution in [0.15, 0.2) is 36.4 Å². The predicted octanol–water partition coefficient (Wildman–Crippen LogP) is 6.03. The number of fused-ring (bicyclic) bond motifs is 1. The Bertz CT molecular complexity index is 925. The van der Waals surface area contributed by atoms with Crippen molar-refractivity contribution in [1.29, 1.82) is 0 Å². The van der Waals surface area contributed by atoms with Gasteiger partial charge in [-0.15, -0.1) is 0 Å². The second-order valence-electron chi connectivity index (χ2n) is 9.02. The van der Waals surface area contributed by atoms with Crippen molar-refractivity contribution >= 4 is 31.5 Å². The first-order valence-corrected chi connectivity index (χ1v) is 12.6. The summed E-state index contributed by atoms with van der Waals surface area (Å²) in [4.78, 5) is 10.9. The molecule has 3 rings (SSSR count). The lowest BCUT2D eigenvalue weighted by Crippen LogP contribution is -2.38. The second-order valence-corrected chi connectivity index (χ2v) is 13.7. The van der Waals surface area contributed by atoms with Gasteiger partial charge in [0, 0.05) is 5.56 Å². The van der Waals surface area contributed by atoms with Crippen molar-refractivity contribution < 1.29 is 18.0 Å². The summed E-state index contributed by atoms with van der Waals surface area (Å²) in [5.41, 5.74) is 0.633. The second kappa shape index (κ2) is 6.85. The number of hydrogen-bond acceptors (Lipinski definition) is 2. The van der Waals surface area contributed by atoms with Crippen LogP contribution in [0, 0.1) is 17.0 Å². The highest BCUT2D eigenvalue weighted by atomic mass is 35.5. The highest BCUT2D eigenvalue weighted by molar-refractivity contribution is 6.72. The highest BCUT2D eigenvalue weighted by Gasteiger charge is 2.48. The van der Waals surface area contributed by atoms with Gasteiger partial charge in [-0.2, -0.15) is 0 Å². The van der Waals surface area contributed by atoms with Gasteiger partial charge in [0.05, 0.1) is 5.69 Å². The summed E-state index contributed by atoms with van der Waals surface area (Å²) in [5.74, 6) is -2.04. The van der Waals surface area contributed by atoms with E-state index in [9.17, 15) is 13.6 Å². The number of alkyl halides is 1. The number of nitrogens with one attached hydrogen (secondary N) is 1. The van der Waals surface area contributed by atoms with Gasteiger partial charge >= 0.3 is 0 Å². The average molecular weight is 424 g/mol. The van der Waals surface area contributed by atoms with Crippen molar-refractivity contribution in [2.24, 2.45) is 5.41 Å². The molecule has 0 fully saturated rings. The van der Waals surface area contributed by atoms with Gasteiger partial charge in [0.15, 0.2) is 16.5 Å². The summed E-state index contributed by atoms with van der Waals surface area (Å²) in [6.07, 6.45) is 0. The van der Waals surface area contributed by atoms with Crippen molar-refractivity contribution in [3.05, 3.63) is 59.2 Å². The maximum absolute atomic E-state index is 14.1. The fraction of sp³-hybridized carbons (Fsp3) is 0.381. The average Bonchev–Trinajstić information content (AvgIpc) is 2.82. The van der Waals surface area contributed by atoms with Gasteiger partial charge in [0.25, 0.3) is 5.91 Å². The van der Waals surface area contributed by atoms with Gasteiger partial charge in [-0.25, -0.2) is 8.78 Å². The lowest BCUT2D eigenvalue weighted by molar-refractivity contribution is -0.117. The van der Waals surface area contributed by atoms with Crippen molar-refractivity contribution in [3.63, 3.8) is 0 Å². The van der Waals surface area contributed by atoms with Crippen molar-refractivity contribution in [2.75, 3.05) is 5.32 Å². The summed E-state index contributed by atoms with van der Waals surface area (Å²) >= 11 is 6.64. The molecule has 1 N–H and O–H groups in total. The Morgan fingerprint density at radius 1 is 1.11 bits per heavy atom. The molecule has 1 unspecified atom stereocenters. The maximum Gasteiger partial charge on any atom is 0.254 e. The number of halogens is 3. The van der Waals surface area contributed by atoms with Crippen LogP contribution in [0.5, 0.6) is 5.75 Å². The lowest BCUT2D eigenvalue weighted by atomic mass is 9.91. The number of rotatable bonds is 4. The SMILES string of the molecule is CC(C)(C)C[Si](C)(C)Oc1ccc(C2(Cl)C(=O)Nc3c2ccc(F)c3F)cc1. The molecule has 2 aromatic rings. The maximum atomic E-state index is 14.1. The van der Waals surface area contributed by atoms with E-state index in [-0.39, 0.29) is 16.7 Å². The van der Waals surface area contributed by atoms with Crippen LogP contribution in [0.2, 0.25) is 19.1 Å². The zero-order valence-corrected chi connectivity index (χ0v) is 18.4. The largest absolute Gasteiger partial charge is 0.544 e. The zero-order valence-electron chi connectivity index (χ0n) is 16.6. The van der Waals surface area contributed by atoms with E-state index < -0.39 is 30.7 Å². The molecular formula is C21H24ClF2NO2Si. The number of benzene rings is 2. The summed E-state index contributed by atoms with van der Waals surface area (Å²) in [6.45, 7) is 10.9. The molecule has 150 valence electrons. The van der Waals surface area contributed by atoms with Crippen LogP contribution in [0.3, 0.4) is 0 Å². The molecule has 0 saturated carbocycles. The van der Waals surface area contributed by atoms with E-state index in [0.717, 1.165) is 12.1 Å². The van der Waals surface area contributed by atoms with E-state index in [4.69, 9.17) is 16.0 Å². The quantitative estimate of drug-likeness (QED) is 0.481. The molecule has 0 spiro atoms. The molecular weight excluding hydrogens is 400 g/mol. The van der Waals surface area contributed by atoms with Gasteiger partial charge in [-0.3, -0.25) is 4.79 Å². The minimum absolute atomic E-state index is 0.168. The third-order valence-electron chi connectivity index (χ3n) is 4.62. The minimum Gasteiger partial charge on any atom is -0.544 e. The zero-order chi connectivity index (χ0) is 20.9. The van der Waals surface area contributed by atoms with Crippen LogP contribution >= 0.6 is 11.6 Å². The Hall–Kier alpha value is -1.92. The Kier molecular flexibility index (Phi) is 5.09. The van der Waals surface area contributed by atoms with E-state index >= 15 is 0 Å². The fourth-order valence-electron chi connectivity index (χ4n) is 3.95. The van der Waals surface area contributed by atoms with Gasteiger partial charge in [0.1, 0.15) is 5.75 Å². The Morgan fingerprint density at radius 3 is 2.29 bits per heavy atom. The van der Waals surface area contributed by atoms with Crippen molar-refractivity contribution in [2.45, 2.75) is 44.8 Å². The number of carbonyl (C=O) groups is 1. The molecule has 1 amide bonds. The first-order valence-electron chi connectivity index (χ1n) is 9.12. The third kappa shape index (κ3) is 3.80. The van der Waals surface area contributed by atoms with Crippen LogP contribution < -0.4 is 9.74 Å². The topological polar surface area (TPSA) is 38.3 Å². The van der Waals surface area contributed by atoms with Crippen LogP contribution in [-0.2, 0) is 9.67 Å². The Labute approximate surface area is 170 Å². The standard InChI is InChI=1S/C21H24ClF2NO2Si/c1-20(2,3)12-28(4,5)27-14-8-6-13(7-9-14)21(22)15-10-11-16(23)17(24)18(15)25-19(21)26/h6-11H,12H2,1-5H3,(H,25,26). The molecule has 28 heavy (non-hydrogen) atoms. The molecule has 0 aliphatic carbocycles. The number of amides is 1. The van der Waals surface area contributed by atoms with E-state index in [0.29, 0.717) is 11.3 Å². The Morgan fingerprint density at radius 2 is 1.71 bits per heavy atom. The summed E-state index contributed by atoms with van der Waals surface area (Å²) in [7, 11) is -1.94. The van der Waals surface area contributed by atoms with Crippen molar-refractivity contribution in [3.8, 4) is 5.75 Å². The van der Waals surface area contributed by atoms with E-state index in [1.54, 1.807) is 24.3 Å². The van der Waals surface area contributed by atoms with Gasteiger partial charge in [-0.05, 0) is 48.3 Å². The predicted molar refractivity (Wildman–Crippen MR) is 110 cm³/mol.